The van der Waals surface area contributed by atoms with Crippen LogP contribution >= 0.6 is 0 Å². The molecular weight excluding hydrogens is 702 g/mol. The first-order valence-electron chi connectivity index (χ1n) is 17.4. The van der Waals surface area contributed by atoms with E-state index in [4.69, 9.17) is 18.9 Å². The van der Waals surface area contributed by atoms with Crippen LogP contribution in [0.3, 0.4) is 0 Å². The van der Waals surface area contributed by atoms with Crippen LogP contribution in [0.15, 0.2) is 23.8 Å². The van der Waals surface area contributed by atoms with Crippen molar-refractivity contribution in [2.24, 2.45) is 29.6 Å². The predicted molar refractivity (Wildman–Crippen MR) is 179 cm³/mol. The van der Waals surface area contributed by atoms with E-state index in [2.05, 4.69) is 78.9 Å². The summed E-state index contributed by atoms with van der Waals surface area (Å²) < 4.78 is 23.8. The molecule has 2 heterocycles. The summed E-state index contributed by atoms with van der Waals surface area (Å²) in [6, 6.07) is 0. The average Bonchev–Trinajstić information content (AvgIpc) is 3.70. The second-order valence-electron chi connectivity index (χ2n) is 14.1. The van der Waals surface area contributed by atoms with E-state index in [1.165, 1.54) is 10.5 Å². The number of hydrogen-bond acceptors (Lipinski definition) is 6. The minimum Gasteiger partial charge on any atom is -1.00 e. The van der Waals surface area contributed by atoms with Crippen molar-refractivity contribution in [3.05, 3.63) is 37.6 Å². The van der Waals surface area contributed by atoms with Gasteiger partial charge in [0.25, 0.3) is 0 Å². The van der Waals surface area contributed by atoms with Crippen LogP contribution in [-0.2, 0) is 23.7 Å². The molecule has 10 heteroatoms. The van der Waals surface area contributed by atoms with E-state index in [9.17, 15) is 9.59 Å². The molecule has 1 saturated carbocycles. The van der Waals surface area contributed by atoms with E-state index in [0.717, 1.165) is 51.4 Å². The molecule has 0 radical (unpaired) electrons. The van der Waals surface area contributed by atoms with Crippen molar-refractivity contribution in [2.75, 3.05) is 33.4 Å². The molecule has 0 bridgehead atoms. The van der Waals surface area contributed by atoms with Gasteiger partial charge in [0.05, 0.1) is 36.6 Å². The summed E-state index contributed by atoms with van der Waals surface area (Å²) in [5.41, 5.74) is 1.14. The molecule has 3 rings (SSSR count). The number of rotatable bonds is 16. The summed E-state index contributed by atoms with van der Waals surface area (Å²) in [7, 11) is 1.79. The Hall–Kier alpha value is -0.573. The molecule has 3 fully saturated rings. The molecule has 0 aromatic heterocycles. The molecule has 2 aliphatic heterocycles. The normalized spacial score (nSPS) is 31.1. The molecule has 0 unspecified atom stereocenters. The Bertz CT molecular complexity index is 997. The van der Waals surface area contributed by atoms with Crippen molar-refractivity contribution in [3.63, 3.8) is 0 Å². The zero-order valence-electron chi connectivity index (χ0n) is 30.6. The molecule has 1 aliphatic carbocycles. The summed E-state index contributed by atoms with van der Waals surface area (Å²) in [6.07, 6.45) is 14.3. The van der Waals surface area contributed by atoms with E-state index in [1.54, 1.807) is 7.11 Å². The van der Waals surface area contributed by atoms with Gasteiger partial charge in [-0.1, -0.05) is 45.9 Å². The topological polar surface area (TPSA) is 89.6 Å². The number of nitrogens with one attached hydrogen (secondary N) is 1. The van der Waals surface area contributed by atoms with Crippen LogP contribution in [-0.4, -0.2) is 80.3 Å². The van der Waals surface area contributed by atoms with Crippen molar-refractivity contribution in [1.82, 2.24) is 10.2 Å². The van der Waals surface area contributed by atoms with Crippen LogP contribution in [0.2, 0.25) is 0 Å². The van der Waals surface area contributed by atoms with Gasteiger partial charge in [-0.2, -0.15) is 0 Å². The van der Waals surface area contributed by atoms with Crippen LogP contribution in [0, 0.1) is 43.4 Å². The molecule has 47 heavy (non-hydrogen) atoms. The van der Waals surface area contributed by atoms with Crippen LogP contribution in [0.4, 0.5) is 4.79 Å². The van der Waals surface area contributed by atoms with E-state index in [-0.39, 0.29) is 90.8 Å². The molecular formula is C37H62ILiN2O6-2. The van der Waals surface area contributed by atoms with Gasteiger partial charge in [0.2, 0.25) is 5.91 Å². The Morgan fingerprint density at radius 3 is 2.36 bits per heavy atom. The second-order valence-corrected chi connectivity index (χ2v) is 14.1. The zero-order valence-corrected chi connectivity index (χ0v) is 32.8. The molecule has 266 valence electrons. The minimum absolute atomic E-state index is 0. The van der Waals surface area contributed by atoms with Crippen molar-refractivity contribution in [3.8, 4) is 0 Å². The standard InChI is InChI=1S/C37H62N2O6.HI.Li/c1-10-32(42-9)28(7)34-37(8,45-34)22-25(4)14-13-15-26(5)33-27(6)16-21-31(44-33)23-38-35(40)30-19-17-29(18-20-30)24-43-36(41)39(11-2)12-3;;/h13-15,25,27-34H,2-3,10-12,16-24H2,1,4-9H3,(H,38,40);1H;/q-2;;+1/p-1/b14-13+,26-15+;;/t25-,27+,28-,29?,30?,31-,32+,33-,34-,37-;;/m1../s1. The van der Waals surface area contributed by atoms with E-state index < -0.39 is 0 Å². The number of halogens is 1. The second kappa shape index (κ2) is 21.6. The van der Waals surface area contributed by atoms with Gasteiger partial charge < -0.3 is 67.0 Å². The maximum absolute atomic E-state index is 13.0. The van der Waals surface area contributed by atoms with Crippen molar-refractivity contribution < 1.29 is 71.4 Å². The fourth-order valence-corrected chi connectivity index (χ4v) is 7.47. The Balaban J connectivity index is 0.00000552. The maximum atomic E-state index is 13.0. The molecule has 8 nitrogen and oxygen atoms in total. The number of amides is 2. The number of methoxy groups -OCH3 is 1. The summed E-state index contributed by atoms with van der Waals surface area (Å²) in [6.45, 7) is 22.4. The van der Waals surface area contributed by atoms with Crippen LogP contribution in [0.5, 0.6) is 0 Å². The van der Waals surface area contributed by atoms with Gasteiger partial charge in [0.1, 0.15) is 0 Å². The van der Waals surface area contributed by atoms with E-state index >= 15 is 0 Å². The third-order valence-electron chi connectivity index (χ3n) is 10.4. The molecule has 0 spiro atoms. The largest absolute Gasteiger partial charge is 1.00 e. The third kappa shape index (κ3) is 13.2. The Kier molecular flexibility index (Phi) is 20.4. The predicted octanol–water partition coefficient (Wildman–Crippen LogP) is 0.955. The van der Waals surface area contributed by atoms with E-state index in [0.29, 0.717) is 49.9 Å². The van der Waals surface area contributed by atoms with Crippen molar-refractivity contribution in [2.45, 2.75) is 123 Å². The molecule has 0 aromatic carbocycles. The summed E-state index contributed by atoms with van der Waals surface area (Å²) >= 11 is 0. The van der Waals surface area contributed by atoms with Gasteiger partial charge in [0, 0.05) is 25.5 Å². The number of carbonyl (C=O) groups excluding carboxylic acids is 2. The van der Waals surface area contributed by atoms with Gasteiger partial charge in [-0.3, -0.25) is 4.79 Å². The first-order valence-corrected chi connectivity index (χ1v) is 17.4. The first kappa shape index (κ1) is 44.4. The van der Waals surface area contributed by atoms with Crippen LogP contribution in [0.25, 0.3) is 0 Å². The van der Waals surface area contributed by atoms with Gasteiger partial charge in [0.15, 0.2) is 0 Å². The maximum Gasteiger partial charge on any atom is 1.00 e. The van der Waals surface area contributed by atoms with Gasteiger partial charge in [-0.25, -0.2) is 4.79 Å². The average molecular weight is 765 g/mol. The summed E-state index contributed by atoms with van der Waals surface area (Å²) in [5.74, 6) is 1.65. The van der Waals surface area contributed by atoms with Gasteiger partial charge in [-0.15, -0.1) is 13.1 Å². The van der Waals surface area contributed by atoms with Crippen molar-refractivity contribution >= 4 is 12.0 Å². The smallest absolute Gasteiger partial charge is 1.00 e. The van der Waals surface area contributed by atoms with Gasteiger partial charge >= 0.3 is 25.0 Å². The van der Waals surface area contributed by atoms with Crippen molar-refractivity contribution in [1.29, 1.82) is 0 Å². The number of allylic oxidation sites excluding steroid dienone is 3. The van der Waals surface area contributed by atoms with E-state index in [1.807, 2.05) is 0 Å². The fourth-order valence-electron chi connectivity index (χ4n) is 7.47. The van der Waals surface area contributed by atoms with Crippen LogP contribution < -0.4 is 48.2 Å². The number of hydrogen-bond donors (Lipinski definition) is 1. The molecule has 2 amide bonds. The molecule has 1 N–H and O–H groups in total. The number of nitrogens with zero attached hydrogens (tertiary/aromatic N) is 1. The molecule has 8 atom stereocenters. The first-order chi connectivity index (χ1) is 21.5. The SMILES string of the molecule is [CH2-]CN(C[CH2-])C(=O)OCC1CCC(C(=O)NC[C@H]2CC[C@H](C)[C@@H](/C(C)=C/C=C/[C@@H](C)C[C@@]3(C)O[C@@H]3[C@H](C)[C@H](CC)OC)O2)CC1.[I-].[Li+]. The third-order valence-corrected chi connectivity index (χ3v) is 10.4. The fraction of sp³-hybridized carbons (Fsp3) is 0.784. The monoisotopic (exact) mass is 764 g/mol. The van der Waals surface area contributed by atoms with Crippen LogP contribution in [0.1, 0.15) is 92.9 Å². The number of ether oxygens (including phenoxy) is 4. The minimum atomic E-state index is -0.361. The Morgan fingerprint density at radius 2 is 1.77 bits per heavy atom. The molecule has 2 saturated heterocycles. The Labute approximate surface area is 315 Å². The number of carbonyl (C=O) groups is 2. The molecule has 0 aromatic rings. The number of epoxide rings is 1. The summed E-state index contributed by atoms with van der Waals surface area (Å²) in [4.78, 5) is 26.5. The summed E-state index contributed by atoms with van der Waals surface area (Å²) in [5, 5.41) is 3.18. The van der Waals surface area contributed by atoms with Gasteiger partial charge in [-0.05, 0) is 88.5 Å². The quantitative estimate of drug-likeness (QED) is 0.0830. The zero-order chi connectivity index (χ0) is 33.1. The molecule has 3 aliphatic rings. The Morgan fingerprint density at radius 1 is 1.11 bits per heavy atom.